The average molecular weight is 336 g/mol. The molecule has 0 aliphatic carbocycles. The van der Waals surface area contributed by atoms with E-state index in [4.69, 9.17) is 19.8 Å². The molecular weight excluding hydrogens is 326 g/mol. The first kappa shape index (κ1) is 17.1. The van der Waals surface area contributed by atoms with Crippen LogP contribution in [0.1, 0.15) is 0 Å². The largest absolute Gasteiger partial charge is 0.536 e. The van der Waals surface area contributed by atoms with Crippen LogP contribution in [0.2, 0.25) is 0 Å². The smallest absolute Gasteiger partial charge is 0.505 e. The molecule has 1 aliphatic heterocycles. The van der Waals surface area contributed by atoms with Gasteiger partial charge in [-0.3, -0.25) is 4.89 Å². The molecular formula is C6H10O12P2. The first-order valence-electron chi connectivity index (χ1n) is 4.69. The van der Waals surface area contributed by atoms with Gasteiger partial charge in [0, 0.05) is 0 Å². The summed E-state index contributed by atoms with van der Waals surface area (Å²) >= 11 is 0. The fraction of sp³-hybridized carbons (Fsp3) is 0.500. The van der Waals surface area contributed by atoms with Crippen molar-refractivity contribution in [2.24, 2.45) is 0 Å². The summed E-state index contributed by atoms with van der Waals surface area (Å²) in [5.41, 5.74) is 0. The molecule has 0 bridgehead atoms. The van der Waals surface area contributed by atoms with Crippen LogP contribution in [0.4, 0.5) is 0 Å². The monoisotopic (exact) mass is 336 g/mol. The van der Waals surface area contributed by atoms with Gasteiger partial charge in [-0.2, -0.15) is 4.31 Å². The van der Waals surface area contributed by atoms with E-state index >= 15 is 0 Å². The number of carbonyl (C=O) groups is 1. The molecule has 0 spiro atoms. The predicted molar refractivity (Wildman–Crippen MR) is 56.7 cm³/mol. The maximum absolute atomic E-state index is 11.2. The third-order valence-corrected chi connectivity index (χ3v) is 3.96. The average Bonchev–Trinajstić information content (AvgIpc) is 2.52. The van der Waals surface area contributed by atoms with Crippen molar-refractivity contribution in [3.8, 4) is 0 Å². The molecule has 0 aromatic heterocycles. The quantitative estimate of drug-likeness (QED) is 0.236. The molecule has 6 N–H and O–H groups in total. The number of rotatable bonds is 6. The molecule has 1 heterocycles. The van der Waals surface area contributed by atoms with Crippen LogP contribution in [-0.4, -0.2) is 54.8 Å². The molecule has 12 nitrogen and oxygen atoms in total. The molecule has 0 amide bonds. The summed E-state index contributed by atoms with van der Waals surface area (Å²) in [6.07, 6.45) is -3.49. The van der Waals surface area contributed by atoms with Gasteiger partial charge in [-0.15, -0.1) is 0 Å². The van der Waals surface area contributed by atoms with Crippen LogP contribution in [-0.2, 0) is 27.5 Å². The summed E-state index contributed by atoms with van der Waals surface area (Å²) in [6.45, 7) is -0.912. The van der Waals surface area contributed by atoms with E-state index in [-0.39, 0.29) is 0 Å². The summed E-state index contributed by atoms with van der Waals surface area (Å²) in [6, 6.07) is 0. The first-order chi connectivity index (χ1) is 8.97. The van der Waals surface area contributed by atoms with E-state index in [2.05, 4.69) is 13.6 Å². The van der Waals surface area contributed by atoms with Crippen molar-refractivity contribution in [3.05, 3.63) is 11.5 Å². The maximum Gasteiger partial charge on any atom is 0.536 e. The maximum atomic E-state index is 11.2. The van der Waals surface area contributed by atoms with Gasteiger partial charge >= 0.3 is 21.6 Å². The standard InChI is InChI=1S/C6H10O12P2/c7-1-2(8)4-3(9)5(6(10)16-4)17-20(14,15)18-19(11,12)13/h2,4,7-9H,1H2,(H,14,15)(H2,11,12,13). The number of cyclic esters (lactones) is 1. The van der Waals surface area contributed by atoms with Crippen LogP contribution in [0.15, 0.2) is 11.5 Å². The number of hydrogen-bond donors (Lipinski definition) is 6. The zero-order chi connectivity index (χ0) is 15.7. The Kier molecular flexibility index (Phi) is 4.95. The molecule has 0 radical (unpaired) electrons. The Hall–Kier alpha value is -0.970. The highest BCUT2D eigenvalue weighted by molar-refractivity contribution is 7.60. The number of ether oxygens (including phenoxy) is 1. The van der Waals surface area contributed by atoms with Crippen molar-refractivity contribution < 1.29 is 57.5 Å². The van der Waals surface area contributed by atoms with Crippen LogP contribution in [0.25, 0.3) is 0 Å². The lowest BCUT2D eigenvalue weighted by Crippen LogP contribution is -2.31. The topological polar surface area (TPSA) is 200 Å². The highest BCUT2D eigenvalue weighted by atomic mass is 31.3. The number of phosphoric ester groups is 1. The molecule has 1 rings (SSSR count). The lowest BCUT2D eigenvalue weighted by molar-refractivity contribution is -0.147. The van der Waals surface area contributed by atoms with E-state index in [1.807, 2.05) is 0 Å². The van der Waals surface area contributed by atoms with Crippen molar-refractivity contribution in [3.63, 3.8) is 0 Å². The minimum Gasteiger partial charge on any atom is -0.505 e. The van der Waals surface area contributed by atoms with Gasteiger partial charge in [0.2, 0.25) is 0 Å². The fourth-order valence-electron chi connectivity index (χ4n) is 1.17. The summed E-state index contributed by atoms with van der Waals surface area (Å²) in [7, 11) is -10.8. The molecule has 0 saturated heterocycles. The minimum absolute atomic E-state index is 0.912. The number of aliphatic hydroxyl groups is 3. The predicted octanol–water partition coefficient (Wildman–Crippen LogP) is -1.74. The summed E-state index contributed by atoms with van der Waals surface area (Å²) in [5.74, 6) is -3.91. The zero-order valence-electron chi connectivity index (χ0n) is 9.39. The van der Waals surface area contributed by atoms with E-state index in [1.54, 1.807) is 0 Å². The van der Waals surface area contributed by atoms with Gasteiger partial charge in [-0.25, -0.2) is 13.9 Å². The second-order valence-electron chi connectivity index (χ2n) is 3.42. The zero-order valence-corrected chi connectivity index (χ0v) is 11.2. The van der Waals surface area contributed by atoms with Gasteiger partial charge in [0.05, 0.1) is 6.61 Å². The van der Waals surface area contributed by atoms with Crippen LogP contribution in [0, 0.1) is 0 Å². The van der Waals surface area contributed by atoms with Gasteiger partial charge in [0.25, 0.3) is 5.76 Å². The van der Waals surface area contributed by atoms with E-state index in [1.165, 1.54) is 0 Å². The second kappa shape index (κ2) is 5.80. The van der Waals surface area contributed by atoms with E-state index in [0.717, 1.165) is 0 Å². The molecule has 3 unspecified atom stereocenters. The molecule has 3 atom stereocenters. The third-order valence-electron chi connectivity index (χ3n) is 1.87. The first-order valence-corrected chi connectivity index (χ1v) is 7.71. The minimum atomic E-state index is -5.43. The number of esters is 1. The lowest BCUT2D eigenvalue weighted by atomic mass is 10.2. The molecule has 0 aromatic carbocycles. The van der Waals surface area contributed by atoms with Gasteiger partial charge in [0.1, 0.15) is 6.10 Å². The molecule has 0 fully saturated rings. The molecule has 116 valence electrons. The molecule has 1 aliphatic rings. The van der Waals surface area contributed by atoms with Crippen molar-refractivity contribution >= 4 is 21.6 Å². The number of hydrogen-bond acceptors (Lipinski definition) is 9. The summed E-state index contributed by atoms with van der Waals surface area (Å²) in [4.78, 5) is 36.9. The van der Waals surface area contributed by atoms with Gasteiger partial charge in [-0.05, 0) is 0 Å². The Morgan fingerprint density at radius 2 is 1.85 bits per heavy atom. The van der Waals surface area contributed by atoms with Crippen LogP contribution in [0.3, 0.4) is 0 Å². The van der Waals surface area contributed by atoms with Crippen LogP contribution in [0.5, 0.6) is 0 Å². The summed E-state index contributed by atoms with van der Waals surface area (Å²) in [5, 5.41) is 27.2. The lowest BCUT2D eigenvalue weighted by Gasteiger charge is -2.14. The van der Waals surface area contributed by atoms with Gasteiger partial charge < -0.3 is 34.4 Å². The highest BCUT2D eigenvalue weighted by Gasteiger charge is 2.45. The van der Waals surface area contributed by atoms with E-state index < -0.39 is 51.9 Å². The number of aliphatic hydroxyl groups excluding tert-OH is 3. The number of carbonyl (C=O) groups excluding carboxylic acids is 1. The van der Waals surface area contributed by atoms with Crippen molar-refractivity contribution in [1.29, 1.82) is 0 Å². The highest BCUT2D eigenvalue weighted by Crippen LogP contribution is 2.59. The van der Waals surface area contributed by atoms with E-state index in [0.29, 0.717) is 0 Å². The molecule has 0 saturated carbocycles. The Balaban J connectivity index is 2.96. The second-order valence-corrected chi connectivity index (χ2v) is 6.18. The molecule has 0 aromatic rings. The Bertz CT molecular complexity index is 518. The molecule has 14 heteroatoms. The Morgan fingerprint density at radius 3 is 2.30 bits per heavy atom. The third kappa shape index (κ3) is 4.27. The van der Waals surface area contributed by atoms with Crippen molar-refractivity contribution in [2.45, 2.75) is 12.2 Å². The van der Waals surface area contributed by atoms with Gasteiger partial charge in [0.15, 0.2) is 11.9 Å². The normalized spacial score (nSPS) is 24.2. The Labute approximate surface area is 110 Å². The SMILES string of the molecule is O=C1OC(C(O)CO)C(O)=C1OP(=O)(O)OP(=O)(O)O. The van der Waals surface area contributed by atoms with Crippen LogP contribution >= 0.6 is 15.6 Å². The van der Waals surface area contributed by atoms with Gasteiger partial charge in [-0.1, -0.05) is 0 Å². The van der Waals surface area contributed by atoms with E-state index in [9.17, 15) is 24.1 Å². The summed E-state index contributed by atoms with van der Waals surface area (Å²) < 4.78 is 33.3. The fourth-order valence-corrected chi connectivity index (χ4v) is 2.77. The van der Waals surface area contributed by atoms with Crippen molar-refractivity contribution in [2.75, 3.05) is 6.61 Å². The van der Waals surface area contributed by atoms with Crippen LogP contribution < -0.4 is 0 Å². The molecule has 20 heavy (non-hydrogen) atoms. The van der Waals surface area contributed by atoms with Crippen molar-refractivity contribution in [1.82, 2.24) is 0 Å². The number of phosphoric acid groups is 2. The Morgan fingerprint density at radius 1 is 1.30 bits per heavy atom.